The third-order valence-electron chi connectivity index (χ3n) is 3.25. The van der Waals surface area contributed by atoms with E-state index in [0.717, 1.165) is 24.3 Å². The number of ether oxygens (including phenoxy) is 1. The Balaban J connectivity index is 2.33. The number of rotatable bonds is 3. The number of methoxy groups -OCH3 is 1. The summed E-state index contributed by atoms with van der Waals surface area (Å²) in [5, 5.41) is 3.70. The highest BCUT2D eigenvalue weighted by molar-refractivity contribution is 6.31. The van der Waals surface area contributed by atoms with E-state index in [0.29, 0.717) is 10.8 Å². The van der Waals surface area contributed by atoms with Gasteiger partial charge in [0.25, 0.3) is 0 Å². The minimum absolute atomic E-state index is 0.0546. The Bertz CT molecular complexity index is 472. The maximum atomic E-state index is 12.2. The van der Waals surface area contributed by atoms with Crippen molar-refractivity contribution >= 4 is 23.2 Å². The number of benzene rings is 1. The molecule has 1 aromatic rings. The van der Waals surface area contributed by atoms with Crippen molar-refractivity contribution in [3.8, 4) is 5.75 Å². The first-order valence-electron chi connectivity index (χ1n) is 5.87. The van der Waals surface area contributed by atoms with Crippen LogP contribution in [-0.4, -0.2) is 33.2 Å². The SMILES string of the molecule is COc1c(C)cc(Cl)cc1N(C)C(=O)C1CNC1. The van der Waals surface area contributed by atoms with Crippen LogP contribution in [0.3, 0.4) is 0 Å². The summed E-state index contributed by atoms with van der Waals surface area (Å²) in [5.41, 5.74) is 1.64. The van der Waals surface area contributed by atoms with Crippen LogP contribution in [-0.2, 0) is 4.79 Å². The van der Waals surface area contributed by atoms with Crippen molar-refractivity contribution in [2.24, 2.45) is 5.92 Å². The van der Waals surface area contributed by atoms with Crippen LogP contribution in [0.15, 0.2) is 12.1 Å². The highest BCUT2D eigenvalue weighted by Crippen LogP contribution is 2.35. The average Bonchev–Trinajstić information content (AvgIpc) is 2.24. The minimum atomic E-state index is 0.0546. The zero-order valence-corrected chi connectivity index (χ0v) is 11.5. The number of hydrogen-bond donors (Lipinski definition) is 1. The smallest absolute Gasteiger partial charge is 0.232 e. The summed E-state index contributed by atoms with van der Waals surface area (Å²) in [6.45, 7) is 3.40. The molecule has 98 valence electrons. The van der Waals surface area contributed by atoms with Crippen molar-refractivity contribution in [2.45, 2.75) is 6.92 Å². The van der Waals surface area contributed by atoms with Crippen LogP contribution in [0.5, 0.6) is 5.75 Å². The predicted octanol–water partition coefficient (Wildman–Crippen LogP) is 1.84. The number of carbonyl (C=O) groups excluding carboxylic acids is 1. The fourth-order valence-electron chi connectivity index (χ4n) is 2.08. The number of nitrogens with zero attached hydrogens (tertiary/aromatic N) is 1. The molecule has 0 aliphatic carbocycles. The number of halogens is 1. The number of amides is 1. The Morgan fingerprint density at radius 1 is 1.50 bits per heavy atom. The molecule has 18 heavy (non-hydrogen) atoms. The van der Waals surface area contributed by atoms with Crippen LogP contribution in [0, 0.1) is 12.8 Å². The van der Waals surface area contributed by atoms with Gasteiger partial charge in [-0.15, -0.1) is 0 Å². The molecular weight excluding hydrogens is 252 g/mol. The quantitative estimate of drug-likeness (QED) is 0.910. The first kappa shape index (κ1) is 13.2. The molecule has 1 saturated heterocycles. The van der Waals surface area contributed by atoms with Gasteiger partial charge in [-0.2, -0.15) is 0 Å². The molecule has 1 fully saturated rings. The predicted molar refractivity (Wildman–Crippen MR) is 72.5 cm³/mol. The fourth-order valence-corrected chi connectivity index (χ4v) is 2.35. The van der Waals surface area contributed by atoms with E-state index in [4.69, 9.17) is 16.3 Å². The van der Waals surface area contributed by atoms with Gasteiger partial charge in [0.1, 0.15) is 5.75 Å². The molecule has 1 aromatic carbocycles. The minimum Gasteiger partial charge on any atom is -0.494 e. The Hall–Kier alpha value is -1.26. The average molecular weight is 269 g/mol. The Morgan fingerprint density at radius 3 is 2.67 bits per heavy atom. The Kier molecular flexibility index (Phi) is 3.78. The molecule has 0 bridgehead atoms. The summed E-state index contributed by atoms with van der Waals surface area (Å²) in [7, 11) is 3.36. The van der Waals surface area contributed by atoms with Crippen LogP contribution in [0.25, 0.3) is 0 Å². The van der Waals surface area contributed by atoms with Gasteiger partial charge in [-0.05, 0) is 24.6 Å². The summed E-state index contributed by atoms with van der Waals surface area (Å²) < 4.78 is 5.37. The van der Waals surface area contributed by atoms with Crippen LogP contribution >= 0.6 is 11.6 Å². The molecule has 4 nitrogen and oxygen atoms in total. The van der Waals surface area contributed by atoms with E-state index in [1.54, 1.807) is 25.1 Å². The fraction of sp³-hybridized carbons (Fsp3) is 0.462. The summed E-state index contributed by atoms with van der Waals surface area (Å²) in [5.74, 6) is 0.843. The molecule has 0 spiro atoms. The Labute approximate surface area is 112 Å². The van der Waals surface area contributed by atoms with Gasteiger partial charge in [-0.3, -0.25) is 4.79 Å². The molecule has 1 N–H and O–H groups in total. The zero-order valence-electron chi connectivity index (χ0n) is 10.8. The maximum absolute atomic E-state index is 12.2. The second-order valence-corrected chi connectivity index (χ2v) is 4.96. The van der Waals surface area contributed by atoms with Gasteiger partial charge < -0.3 is 15.0 Å². The lowest BCUT2D eigenvalue weighted by Crippen LogP contribution is -2.51. The lowest BCUT2D eigenvalue weighted by molar-refractivity contribution is -0.123. The van der Waals surface area contributed by atoms with Crippen molar-refractivity contribution in [3.63, 3.8) is 0 Å². The van der Waals surface area contributed by atoms with Crippen molar-refractivity contribution in [2.75, 3.05) is 32.1 Å². The molecule has 0 unspecified atom stereocenters. The first-order chi connectivity index (χ1) is 8.54. The highest BCUT2D eigenvalue weighted by Gasteiger charge is 2.29. The summed E-state index contributed by atoms with van der Waals surface area (Å²) in [6.07, 6.45) is 0. The molecule has 1 heterocycles. The molecule has 1 amide bonds. The molecule has 1 aliphatic heterocycles. The maximum Gasteiger partial charge on any atom is 0.232 e. The van der Waals surface area contributed by atoms with E-state index < -0.39 is 0 Å². The van der Waals surface area contributed by atoms with Gasteiger partial charge in [0.2, 0.25) is 5.91 Å². The molecule has 0 atom stereocenters. The number of nitrogens with one attached hydrogen (secondary N) is 1. The number of hydrogen-bond acceptors (Lipinski definition) is 3. The van der Waals surface area contributed by atoms with Gasteiger partial charge in [0.15, 0.2) is 0 Å². The molecule has 0 radical (unpaired) electrons. The lowest BCUT2D eigenvalue weighted by atomic mass is 10.0. The molecule has 0 saturated carbocycles. The monoisotopic (exact) mass is 268 g/mol. The zero-order chi connectivity index (χ0) is 13.3. The third kappa shape index (κ3) is 2.31. The van der Waals surface area contributed by atoms with Crippen molar-refractivity contribution < 1.29 is 9.53 Å². The molecule has 1 aliphatic rings. The molecular formula is C13H17ClN2O2. The van der Waals surface area contributed by atoms with Crippen LogP contribution < -0.4 is 15.0 Å². The topological polar surface area (TPSA) is 41.6 Å². The summed E-state index contributed by atoms with van der Waals surface area (Å²) in [4.78, 5) is 13.8. The molecule has 0 aromatic heterocycles. The van der Waals surface area contributed by atoms with Gasteiger partial charge in [0, 0.05) is 25.2 Å². The molecule has 5 heteroatoms. The van der Waals surface area contributed by atoms with Crippen molar-refractivity contribution in [3.05, 3.63) is 22.7 Å². The summed E-state index contributed by atoms with van der Waals surface area (Å²) in [6, 6.07) is 3.59. The van der Waals surface area contributed by atoms with Gasteiger partial charge in [-0.1, -0.05) is 11.6 Å². The standard InChI is InChI=1S/C13H17ClN2O2/c1-8-4-10(14)5-11(12(8)18-3)16(2)13(17)9-6-15-7-9/h4-5,9,15H,6-7H2,1-3H3. The second kappa shape index (κ2) is 5.16. The van der Waals surface area contributed by atoms with E-state index in [2.05, 4.69) is 5.32 Å². The van der Waals surface area contributed by atoms with Gasteiger partial charge >= 0.3 is 0 Å². The van der Waals surface area contributed by atoms with Gasteiger partial charge in [-0.25, -0.2) is 0 Å². The van der Waals surface area contributed by atoms with E-state index in [-0.39, 0.29) is 11.8 Å². The van der Waals surface area contributed by atoms with Crippen LogP contribution in [0.1, 0.15) is 5.56 Å². The lowest BCUT2D eigenvalue weighted by Gasteiger charge is -2.31. The number of anilines is 1. The van der Waals surface area contributed by atoms with E-state index in [9.17, 15) is 4.79 Å². The second-order valence-electron chi connectivity index (χ2n) is 4.53. The van der Waals surface area contributed by atoms with Crippen LogP contribution in [0.2, 0.25) is 5.02 Å². The van der Waals surface area contributed by atoms with E-state index >= 15 is 0 Å². The van der Waals surface area contributed by atoms with E-state index in [1.807, 2.05) is 13.0 Å². The van der Waals surface area contributed by atoms with Crippen molar-refractivity contribution in [1.29, 1.82) is 0 Å². The number of aryl methyl sites for hydroxylation is 1. The first-order valence-corrected chi connectivity index (χ1v) is 6.24. The van der Waals surface area contributed by atoms with Gasteiger partial charge in [0.05, 0.1) is 18.7 Å². The number of carbonyl (C=O) groups is 1. The molecule has 2 rings (SSSR count). The van der Waals surface area contributed by atoms with Crippen molar-refractivity contribution in [1.82, 2.24) is 5.32 Å². The van der Waals surface area contributed by atoms with E-state index in [1.165, 1.54) is 0 Å². The largest absolute Gasteiger partial charge is 0.494 e. The van der Waals surface area contributed by atoms with Crippen LogP contribution in [0.4, 0.5) is 5.69 Å². The Morgan fingerprint density at radius 2 is 2.17 bits per heavy atom. The third-order valence-corrected chi connectivity index (χ3v) is 3.46. The summed E-state index contributed by atoms with van der Waals surface area (Å²) >= 11 is 6.05. The normalized spacial score (nSPS) is 15.1. The highest BCUT2D eigenvalue weighted by atomic mass is 35.5.